The molecule has 3 aromatic heterocycles. The van der Waals surface area contributed by atoms with E-state index in [4.69, 9.17) is 10.2 Å². The molecule has 138 valence electrons. The summed E-state index contributed by atoms with van der Waals surface area (Å²) in [5, 5.41) is 9.04. The van der Waals surface area contributed by atoms with Gasteiger partial charge in [-0.25, -0.2) is 9.97 Å². The van der Waals surface area contributed by atoms with Crippen molar-refractivity contribution in [2.45, 2.75) is 26.2 Å². The van der Waals surface area contributed by atoms with Crippen molar-refractivity contribution in [1.82, 2.24) is 14.4 Å². The van der Waals surface area contributed by atoms with E-state index in [1.807, 2.05) is 12.1 Å². The van der Waals surface area contributed by atoms with Gasteiger partial charge < -0.3 is 14.2 Å². The third-order valence-electron chi connectivity index (χ3n) is 5.02. The summed E-state index contributed by atoms with van der Waals surface area (Å²) < 4.78 is 2.13. The predicted molar refractivity (Wildman–Crippen MR) is 107 cm³/mol. The number of aromatic nitrogens is 3. The Kier molecular flexibility index (Phi) is 4.23. The zero-order valence-corrected chi connectivity index (χ0v) is 16.1. The van der Waals surface area contributed by atoms with Crippen LogP contribution in [-0.4, -0.2) is 40.5 Å². The van der Waals surface area contributed by atoms with Gasteiger partial charge in [0, 0.05) is 44.0 Å². The summed E-state index contributed by atoms with van der Waals surface area (Å²) in [6.45, 7) is 10.2. The smallest absolute Gasteiger partial charge is 0.142 e. The van der Waals surface area contributed by atoms with Crippen LogP contribution >= 0.6 is 0 Å². The predicted octanol–water partition coefficient (Wildman–Crippen LogP) is 3.23. The fraction of sp³-hybridized carbons (Fsp3) is 0.381. The van der Waals surface area contributed by atoms with E-state index in [0.29, 0.717) is 5.69 Å². The average molecular weight is 360 g/mol. The van der Waals surface area contributed by atoms with Crippen LogP contribution in [0.15, 0.2) is 42.7 Å². The van der Waals surface area contributed by atoms with E-state index in [2.05, 4.69) is 70.6 Å². The van der Waals surface area contributed by atoms with Crippen LogP contribution in [0.3, 0.4) is 0 Å². The van der Waals surface area contributed by atoms with Crippen molar-refractivity contribution in [2.24, 2.45) is 0 Å². The number of nitriles is 1. The average Bonchev–Trinajstić information content (AvgIpc) is 3.12. The quantitative estimate of drug-likeness (QED) is 0.702. The normalized spacial score (nSPS) is 15.2. The lowest BCUT2D eigenvalue weighted by molar-refractivity contribution is 0.573. The first-order valence-electron chi connectivity index (χ1n) is 9.30. The Balaban J connectivity index is 1.50. The monoisotopic (exact) mass is 360 g/mol. The van der Waals surface area contributed by atoms with Crippen LogP contribution in [0, 0.1) is 11.3 Å². The van der Waals surface area contributed by atoms with Gasteiger partial charge in [0.1, 0.15) is 23.2 Å². The second-order valence-corrected chi connectivity index (χ2v) is 8.00. The maximum atomic E-state index is 9.04. The van der Waals surface area contributed by atoms with Gasteiger partial charge in [-0.2, -0.15) is 5.26 Å². The summed E-state index contributed by atoms with van der Waals surface area (Å²) in [6.07, 6.45) is 4.30. The second kappa shape index (κ2) is 6.58. The number of nitrogens with zero attached hydrogens (tertiary/aromatic N) is 6. The Morgan fingerprint density at radius 2 is 1.67 bits per heavy atom. The van der Waals surface area contributed by atoms with Crippen LogP contribution in [0.1, 0.15) is 32.2 Å². The van der Waals surface area contributed by atoms with E-state index in [-0.39, 0.29) is 5.41 Å². The molecule has 0 amide bonds. The molecule has 1 aliphatic rings. The largest absolute Gasteiger partial charge is 0.367 e. The van der Waals surface area contributed by atoms with Gasteiger partial charge in [0.2, 0.25) is 0 Å². The highest BCUT2D eigenvalue weighted by Crippen LogP contribution is 2.24. The first-order chi connectivity index (χ1) is 12.9. The third-order valence-corrected chi connectivity index (χ3v) is 5.02. The maximum Gasteiger partial charge on any atom is 0.142 e. The lowest BCUT2D eigenvalue weighted by Crippen LogP contribution is -2.46. The Morgan fingerprint density at radius 1 is 0.926 bits per heavy atom. The molecule has 27 heavy (non-hydrogen) atoms. The first-order valence-corrected chi connectivity index (χ1v) is 9.30. The lowest BCUT2D eigenvalue weighted by Gasteiger charge is -2.36. The van der Waals surface area contributed by atoms with Crippen LogP contribution < -0.4 is 9.80 Å². The molecule has 4 heterocycles. The van der Waals surface area contributed by atoms with Crippen molar-refractivity contribution in [1.29, 1.82) is 5.26 Å². The van der Waals surface area contributed by atoms with Crippen molar-refractivity contribution in [3.63, 3.8) is 0 Å². The van der Waals surface area contributed by atoms with Gasteiger partial charge in [-0.3, -0.25) is 0 Å². The molecule has 3 aromatic rings. The standard InChI is InChI=1S/C21H24N6/c1-21(2,3)18-15-27-14-17(7-8-20(27)24-18)25-9-11-26(12-10-25)19-6-4-5-16(13-22)23-19/h4-8,14-15H,9-12H2,1-3H3. The molecule has 0 bridgehead atoms. The fourth-order valence-corrected chi connectivity index (χ4v) is 3.38. The van der Waals surface area contributed by atoms with Gasteiger partial charge in [0.25, 0.3) is 0 Å². The van der Waals surface area contributed by atoms with E-state index in [0.717, 1.165) is 43.3 Å². The molecule has 0 atom stereocenters. The highest BCUT2D eigenvalue weighted by molar-refractivity contribution is 5.54. The third kappa shape index (κ3) is 3.45. The molecule has 0 radical (unpaired) electrons. The molecule has 1 fully saturated rings. The molecule has 0 unspecified atom stereocenters. The SMILES string of the molecule is CC(C)(C)c1cn2cc(N3CCN(c4cccc(C#N)n4)CC3)ccc2n1. The number of hydrogen-bond donors (Lipinski definition) is 0. The van der Waals surface area contributed by atoms with Gasteiger partial charge in [-0.05, 0) is 24.3 Å². The van der Waals surface area contributed by atoms with Crippen molar-refractivity contribution in [3.8, 4) is 6.07 Å². The van der Waals surface area contributed by atoms with Crippen molar-refractivity contribution >= 4 is 17.2 Å². The maximum absolute atomic E-state index is 9.04. The Labute approximate surface area is 159 Å². The van der Waals surface area contributed by atoms with E-state index in [9.17, 15) is 0 Å². The molecule has 0 aromatic carbocycles. The molecule has 6 nitrogen and oxygen atoms in total. The van der Waals surface area contributed by atoms with Gasteiger partial charge in [-0.1, -0.05) is 26.8 Å². The molecular weight excluding hydrogens is 336 g/mol. The summed E-state index contributed by atoms with van der Waals surface area (Å²) in [7, 11) is 0. The van der Waals surface area contributed by atoms with Gasteiger partial charge in [0.15, 0.2) is 0 Å². The number of hydrogen-bond acceptors (Lipinski definition) is 5. The number of rotatable bonds is 2. The zero-order chi connectivity index (χ0) is 19.0. The number of fused-ring (bicyclic) bond motifs is 1. The highest BCUT2D eigenvalue weighted by Gasteiger charge is 2.20. The van der Waals surface area contributed by atoms with Gasteiger partial charge in [-0.15, -0.1) is 0 Å². The summed E-state index contributed by atoms with van der Waals surface area (Å²) in [4.78, 5) is 13.8. The molecular formula is C21H24N6. The molecule has 6 heteroatoms. The van der Waals surface area contributed by atoms with Gasteiger partial charge in [0.05, 0.1) is 11.4 Å². The molecule has 1 aliphatic heterocycles. The number of pyridine rings is 2. The van der Waals surface area contributed by atoms with Gasteiger partial charge >= 0.3 is 0 Å². The van der Waals surface area contributed by atoms with Crippen LogP contribution in [0.5, 0.6) is 0 Å². The Bertz CT molecular complexity index is 999. The number of piperazine rings is 1. The van der Waals surface area contributed by atoms with E-state index >= 15 is 0 Å². The number of anilines is 2. The fourth-order valence-electron chi connectivity index (χ4n) is 3.38. The van der Waals surface area contributed by atoms with E-state index in [1.165, 1.54) is 5.69 Å². The highest BCUT2D eigenvalue weighted by atomic mass is 15.3. The Morgan fingerprint density at radius 3 is 2.37 bits per heavy atom. The van der Waals surface area contributed by atoms with Crippen molar-refractivity contribution in [3.05, 3.63) is 54.1 Å². The first kappa shape index (κ1) is 17.3. The molecule has 0 aliphatic carbocycles. The Hall–Kier alpha value is -3.07. The minimum Gasteiger partial charge on any atom is -0.367 e. The molecule has 4 rings (SSSR count). The summed E-state index contributed by atoms with van der Waals surface area (Å²) >= 11 is 0. The van der Waals surface area contributed by atoms with Crippen LogP contribution in [0.4, 0.5) is 11.5 Å². The van der Waals surface area contributed by atoms with Crippen molar-refractivity contribution in [2.75, 3.05) is 36.0 Å². The molecule has 0 N–H and O–H groups in total. The number of imidazole rings is 1. The topological polar surface area (TPSA) is 60.5 Å². The molecule has 0 spiro atoms. The van der Waals surface area contributed by atoms with Crippen LogP contribution in [-0.2, 0) is 5.41 Å². The second-order valence-electron chi connectivity index (χ2n) is 8.00. The summed E-state index contributed by atoms with van der Waals surface area (Å²) in [6, 6.07) is 12.0. The van der Waals surface area contributed by atoms with Crippen LogP contribution in [0.25, 0.3) is 5.65 Å². The zero-order valence-electron chi connectivity index (χ0n) is 16.1. The lowest BCUT2D eigenvalue weighted by atomic mass is 9.93. The van der Waals surface area contributed by atoms with E-state index < -0.39 is 0 Å². The minimum atomic E-state index is 0.0444. The summed E-state index contributed by atoms with van der Waals surface area (Å²) in [5.74, 6) is 0.883. The van der Waals surface area contributed by atoms with E-state index in [1.54, 1.807) is 6.07 Å². The molecule has 0 saturated carbocycles. The minimum absolute atomic E-state index is 0.0444. The van der Waals surface area contributed by atoms with Crippen LogP contribution in [0.2, 0.25) is 0 Å². The van der Waals surface area contributed by atoms with Crippen molar-refractivity contribution < 1.29 is 0 Å². The molecule has 1 saturated heterocycles. The summed E-state index contributed by atoms with van der Waals surface area (Å²) in [5.41, 5.74) is 3.81.